The molecule has 8 heteroatoms. The molecule has 1 aliphatic rings. The number of ether oxygens (including phenoxy) is 2. The Kier molecular flexibility index (Phi) is 8.06. The normalized spacial score (nSPS) is 16.9. The van der Waals surface area contributed by atoms with E-state index in [1.165, 1.54) is 12.1 Å². The SMILES string of the molecule is CN=C(NCCc1cc(F)cc(F)c1)NC1CCN(Cc2cc(OC)cc(OC)c2)C1. The molecule has 1 saturated heterocycles. The van der Waals surface area contributed by atoms with Crippen molar-refractivity contribution in [2.75, 3.05) is 40.9 Å². The van der Waals surface area contributed by atoms with Gasteiger partial charge in [0, 0.05) is 51.4 Å². The van der Waals surface area contributed by atoms with Crippen LogP contribution in [0.1, 0.15) is 17.5 Å². The summed E-state index contributed by atoms with van der Waals surface area (Å²) < 4.78 is 37.3. The summed E-state index contributed by atoms with van der Waals surface area (Å²) in [6.07, 6.45) is 1.50. The third-order valence-electron chi connectivity index (χ3n) is 5.28. The fourth-order valence-electron chi connectivity index (χ4n) is 3.78. The predicted octanol–water partition coefficient (Wildman–Crippen LogP) is 2.96. The van der Waals surface area contributed by atoms with Crippen molar-refractivity contribution in [2.45, 2.75) is 25.4 Å². The van der Waals surface area contributed by atoms with Gasteiger partial charge in [0.25, 0.3) is 0 Å². The number of nitrogens with one attached hydrogen (secondary N) is 2. The van der Waals surface area contributed by atoms with Crippen molar-refractivity contribution in [1.82, 2.24) is 15.5 Å². The van der Waals surface area contributed by atoms with Gasteiger partial charge in [-0.1, -0.05) is 0 Å². The second-order valence-corrected chi connectivity index (χ2v) is 7.61. The molecule has 1 atom stereocenters. The van der Waals surface area contributed by atoms with Gasteiger partial charge in [-0.15, -0.1) is 0 Å². The van der Waals surface area contributed by atoms with Gasteiger partial charge in [-0.05, 0) is 48.2 Å². The maximum absolute atomic E-state index is 13.3. The largest absolute Gasteiger partial charge is 0.497 e. The van der Waals surface area contributed by atoms with E-state index in [1.807, 2.05) is 18.2 Å². The molecule has 0 amide bonds. The molecule has 0 radical (unpaired) electrons. The van der Waals surface area contributed by atoms with Crippen LogP contribution in [0.2, 0.25) is 0 Å². The van der Waals surface area contributed by atoms with Gasteiger partial charge in [-0.25, -0.2) is 8.78 Å². The van der Waals surface area contributed by atoms with Gasteiger partial charge >= 0.3 is 0 Å². The van der Waals surface area contributed by atoms with Gasteiger partial charge in [0.15, 0.2) is 5.96 Å². The Balaban J connectivity index is 1.47. The van der Waals surface area contributed by atoms with Crippen LogP contribution in [0.3, 0.4) is 0 Å². The van der Waals surface area contributed by atoms with Gasteiger partial charge in [0.1, 0.15) is 23.1 Å². The third-order valence-corrected chi connectivity index (χ3v) is 5.28. The topological polar surface area (TPSA) is 58.1 Å². The molecule has 0 saturated carbocycles. The third kappa shape index (κ3) is 6.82. The fraction of sp³-hybridized carbons (Fsp3) is 0.435. The zero-order chi connectivity index (χ0) is 22.2. The molecular formula is C23H30F2N4O2. The van der Waals surface area contributed by atoms with E-state index in [4.69, 9.17) is 9.47 Å². The smallest absolute Gasteiger partial charge is 0.191 e. The molecule has 2 N–H and O–H groups in total. The van der Waals surface area contributed by atoms with Crippen LogP contribution in [-0.2, 0) is 13.0 Å². The van der Waals surface area contributed by atoms with Crippen molar-refractivity contribution >= 4 is 5.96 Å². The Bertz CT molecular complexity index is 865. The molecule has 6 nitrogen and oxygen atoms in total. The first kappa shape index (κ1) is 22.8. The molecule has 1 heterocycles. The highest BCUT2D eigenvalue weighted by atomic mass is 19.1. The number of halogens is 2. The minimum Gasteiger partial charge on any atom is -0.497 e. The van der Waals surface area contributed by atoms with E-state index in [2.05, 4.69) is 20.5 Å². The molecule has 31 heavy (non-hydrogen) atoms. The number of likely N-dealkylation sites (tertiary alicyclic amines) is 1. The Hall–Kier alpha value is -2.87. The van der Waals surface area contributed by atoms with E-state index in [0.29, 0.717) is 24.5 Å². The maximum atomic E-state index is 13.3. The van der Waals surface area contributed by atoms with Crippen molar-refractivity contribution in [2.24, 2.45) is 4.99 Å². The lowest BCUT2D eigenvalue weighted by molar-refractivity contribution is 0.321. The Labute approximate surface area is 182 Å². The van der Waals surface area contributed by atoms with Crippen molar-refractivity contribution in [3.63, 3.8) is 0 Å². The summed E-state index contributed by atoms with van der Waals surface area (Å²) in [5.74, 6) is 1.14. The van der Waals surface area contributed by atoms with Crippen LogP contribution < -0.4 is 20.1 Å². The average molecular weight is 433 g/mol. The Morgan fingerprint density at radius 3 is 2.32 bits per heavy atom. The van der Waals surface area contributed by atoms with E-state index >= 15 is 0 Å². The number of hydrogen-bond donors (Lipinski definition) is 2. The quantitative estimate of drug-likeness (QED) is 0.496. The zero-order valence-electron chi connectivity index (χ0n) is 18.3. The van der Waals surface area contributed by atoms with Gasteiger partial charge in [0.2, 0.25) is 0 Å². The fourth-order valence-corrected chi connectivity index (χ4v) is 3.78. The second-order valence-electron chi connectivity index (χ2n) is 7.61. The number of rotatable bonds is 8. The number of methoxy groups -OCH3 is 2. The van der Waals surface area contributed by atoms with Crippen LogP contribution in [0.15, 0.2) is 41.4 Å². The van der Waals surface area contributed by atoms with Crippen molar-refractivity contribution in [3.8, 4) is 11.5 Å². The predicted molar refractivity (Wildman–Crippen MR) is 118 cm³/mol. The van der Waals surface area contributed by atoms with Crippen molar-refractivity contribution in [3.05, 3.63) is 59.2 Å². The summed E-state index contributed by atoms with van der Waals surface area (Å²) >= 11 is 0. The first-order valence-corrected chi connectivity index (χ1v) is 10.4. The molecule has 1 aliphatic heterocycles. The van der Waals surface area contributed by atoms with Crippen molar-refractivity contribution < 1.29 is 18.3 Å². The number of hydrogen-bond acceptors (Lipinski definition) is 4. The molecule has 168 valence electrons. The molecule has 0 aromatic heterocycles. The van der Waals surface area contributed by atoms with Crippen LogP contribution in [0.25, 0.3) is 0 Å². The molecule has 1 fully saturated rings. The van der Waals surface area contributed by atoms with Crippen LogP contribution in [0.4, 0.5) is 8.78 Å². The molecule has 3 rings (SSSR count). The highest BCUT2D eigenvalue weighted by Gasteiger charge is 2.23. The summed E-state index contributed by atoms with van der Waals surface area (Å²) in [6.45, 7) is 3.19. The minimum atomic E-state index is -0.558. The lowest BCUT2D eigenvalue weighted by atomic mass is 10.1. The zero-order valence-corrected chi connectivity index (χ0v) is 18.3. The van der Waals surface area contributed by atoms with Crippen LogP contribution in [0, 0.1) is 11.6 Å². The van der Waals surface area contributed by atoms with Gasteiger partial charge < -0.3 is 20.1 Å². The Morgan fingerprint density at radius 2 is 1.71 bits per heavy atom. The summed E-state index contributed by atoms with van der Waals surface area (Å²) in [4.78, 5) is 6.64. The molecule has 2 aromatic rings. The Morgan fingerprint density at radius 1 is 1.03 bits per heavy atom. The van der Waals surface area contributed by atoms with E-state index in [1.54, 1.807) is 21.3 Å². The molecule has 0 bridgehead atoms. The van der Waals surface area contributed by atoms with Gasteiger partial charge in [-0.2, -0.15) is 0 Å². The monoisotopic (exact) mass is 432 g/mol. The van der Waals surface area contributed by atoms with E-state index in [9.17, 15) is 8.78 Å². The standard InChI is InChI=1S/C23H30F2N4O2/c1-26-23(27-6-4-16-8-18(24)12-19(25)9-16)28-20-5-7-29(15-20)14-17-10-21(30-2)13-22(11-17)31-3/h8-13,20H,4-7,14-15H2,1-3H3,(H2,26,27,28). The lowest BCUT2D eigenvalue weighted by Crippen LogP contribution is -2.45. The summed E-state index contributed by atoms with van der Waals surface area (Å²) in [5.41, 5.74) is 1.75. The number of aliphatic imine (C=N–C) groups is 1. The van der Waals surface area contributed by atoms with E-state index in [0.717, 1.165) is 49.2 Å². The second kappa shape index (κ2) is 10.9. The molecule has 0 spiro atoms. The van der Waals surface area contributed by atoms with E-state index in [-0.39, 0.29) is 6.04 Å². The number of nitrogens with zero attached hydrogens (tertiary/aromatic N) is 2. The van der Waals surface area contributed by atoms with E-state index < -0.39 is 11.6 Å². The maximum Gasteiger partial charge on any atom is 0.191 e. The van der Waals surface area contributed by atoms with Crippen LogP contribution >= 0.6 is 0 Å². The number of guanidine groups is 1. The molecule has 2 aromatic carbocycles. The van der Waals surface area contributed by atoms with Gasteiger partial charge in [0.05, 0.1) is 14.2 Å². The summed E-state index contributed by atoms with van der Waals surface area (Å²) in [7, 11) is 5.02. The average Bonchev–Trinajstić information content (AvgIpc) is 3.18. The molecule has 0 aliphatic carbocycles. The van der Waals surface area contributed by atoms with Gasteiger partial charge in [-0.3, -0.25) is 9.89 Å². The summed E-state index contributed by atoms with van der Waals surface area (Å²) in [6, 6.07) is 9.77. The minimum absolute atomic E-state index is 0.269. The van der Waals surface area contributed by atoms with Crippen LogP contribution in [-0.4, -0.2) is 57.8 Å². The van der Waals surface area contributed by atoms with Crippen LogP contribution in [0.5, 0.6) is 11.5 Å². The lowest BCUT2D eigenvalue weighted by Gasteiger charge is -2.19. The van der Waals surface area contributed by atoms with Crippen molar-refractivity contribution in [1.29, 1.82) is 0 Å². The molecule has 1 unspecified atom stereocenters. The highest BCUT2D eigenvalue weighted by Crippen LogP contribution is 2.24. The highest BCUT2D eigenvalue weighted by molar-refractivity contribution is 5.80. The number of benzene rings is 2. The first-order chi connectivity index (χ1) is 15.0. The first-order valence-electron chi connectivity index (χ1n) is 10.4. The summed E-state index contributed by atoms with van der Waals surface area (Å²) in [5, 5.41) is 6.66. The molecular weight excluding hydrogens is 402 g/mol.